The average molecular weight is 477 g/mol. The maximum absolute atomic E-state index is 13.2. The number of hydrogen-bond donors (Lipinski definition) is 0. The van der Waals surface area contributed by atoms with Crippen molar-refractivity contribution in [1.29, 1.82) is 0 Å². The lowest BCUT2D eigenvalue weighted by Crippen LogP contribution is -2.49. The first-order valence-corrected chi connectivity index (χ1v) is 11.9. The number of piperidine rings is 1. The van der Waals surface area contributed by atoms with Crippen molar-refractivity contribution in [2.45, 2.75) is 25.5 Å². The minimum absolute atomic E-state index is 0.0133. The monoisotopic (exact) mass is 476 g/mol. The summed E-state index contributed by atoms with van der Waals surface area (Å²) in [6, 6.07) is 26.5. The van der Waals surface area contributed by atoms with Gasteiger partial charge in [0.25, 0.3) is 5.91 Å². The Morgan fingerprint density at radius 3 is 2.29 bits per heavy atom. The number of carbonyl (C=O) groups excluding carboxylic acids is 2. The van der Waals surface area contributed by atoms with Crippen molar-refractivity contribution in [1.82, 2.24) is 9.80 Å². The van der Waals surface area contributed by atoms with E-state index >= 15 is 0 Å². The van der Waals surface area contributed by atoms with Gasteiger partial charge >= 0.3 is 0 Å². The second-order valence-corrected chi connectivity index (χ2v) is 9.15. The van der Waals surface area contributed by atoms with Gasteiger partial charge in [-0.05, 0) is 42.0 Å². The number of amides is 2. The first-order valence-electron chi connectivity index (χ1n) is 11.5. The van der Waals surface area contributed by atoms with Crippen LogP contribution in [0.25, 0.3) is 0 Å². The van der Waals surface area contributed by atoms with E-state index in [0.717, 1.165) is 5.56 Å². The SMILES string of the molecule is CN(Cc1ccccc1)C(=O)C[C@H]1CN(C(=O)c2ccccc2)CC[C@@H]1Oc1ccc(Cl)cc1. The third-order valence-electron chi connectivity index (χ3n) is 6.20. The van der Waals surface area contributed by atoms with Gasteiger partial charge in [0.05, 0.1) is 0 Å². The lowest BCUT2D eigenvalue weighted by Gasteiger charge is -2.39. The summed E-state index contributed by atoms with van der Waals surface area (Å²) in [4.78, 5) is 29.8. The lowest BCUT2D eigenvalue weighted by molar-refractivity contribution is -0.132. The molecule has 3 aromatic rings. The molecule has 0 radical (unpaired) electrons. The molecule has 0 saturated carbocycles. The molecule has 5 nitrogen and oxygen atoms in total. The molecule has 4 rings (SSSR count). The second kappa shape index (κ2) is 11.2. The Morgan fingerprint density at radius 1 is 0.971 bits per heavy atom. The molecule has 0 bridgehead atoms. The Labute approximate surface area is 205 Å². The summed E-state index contributed by atoms with van der Waals surface area (Å²) >= 11 is 6.02. The Hall–Kier alpha value is -3.31. The number of halogens is 1. The van der Waals surface area contributed by atoms with Crippen LogP contribution in [-0.4, -0.2) is 47.9 Å². The zero-order chi connectivity index (χ0) is 23.9. The molecule has 0 aliphatic carbocycles. The van der Waals surface area contributed by atoms with Crippen molar-refractivity contribution >= 4 is 23.4 Å². The first-order chi connectivity index (χ1) is 16.5. The number of likely N-dealkylation sites (tertiary alicyclic amines) is 1. The molecule has 0 unspecified atom stereocenters. The van der Waals surface area contributed by atoms with Gasteiger partial charge in [-0.25, -0.2) is 0 Å². The molecule has 0 spiro atoms. The molecule has 34 heavy (non-hydrogen) atoms. The molecule has 176 valence electrons. The third kappa shape index (κ3) is 6.17. The van der Waals surface area contributed by atoms with Gasteiger partial charge in [0.1, 0.15) is 11.9 Å². The molecule has 2 atom stereocenters. The molecule has 3 aromatic carbocycles. The fraction of sp³-hybridized carbons (Fsp3) is 0.286. The maximum Gasteiger partial charge on any atom is 0.253 e. The Balaban J connectivity index is 1.47. The molecule has 6 heteroatoms. The largest absolute Gasteiger partial charge is 0.490 e. The van der Waals surface area contributed by atoms with Crippen LogP contribution in [0.15, 0.2) is 84.9 Å². The summed E-state index contributed by atoms with van der Waals surface area (Å²) in [5, 5.41) is 0.643. The summed E-state index contributed by atoms with van der Waals surface area (Å²) in [7, 11) is 1.82. The van der Waals surface area contributed by atoms with Crippen LogP contribution >= 0.6 is 11.6 Å². The maximum atomic E-state index is 13.2. The quantitative estimate of drug-likeness (QED) is 0.465. The number of hydrogen-bond acceptors (Lipinski definition) is 3. The van der Waals surface area contributed by atoms with Gasteiger partial charge in [-0.15, -0.1) is 0 Å². The standard InChI is InChI=1S/C28H29ClN2O3/c1-30(19-21-8-4-2-5-9-21)27(32)18-23-20-31(28(33)22-10-6-3-7-11-22)17-16-26(23)34-25-14-12-24(29)13-15-25/h2-15,23,26H,16-20H2,1H3/t23-,26-/m0/s1. The molecular formula is C28H29ClN2O3. The highest BCUT2D eigenvalue weighted by atomic mass is 35.5. The van der Waals surface area contributed by atoms with Crippen molar-refractivity contribution in [3.63, 3.8) is 0 Å². The van der Waals surface area contributed by atoms with Crippen molar-refractivity contribution < 1.29 is 14.3 Å². The van der Waals surface area contributed by atoms with Crippen molar-refractivity contribution in [3.8, 4) is 5.75 Å². The van der Waals surface area contributed by atoms with Crippen LogP contribution in [0, 0.1) is 5.92 Å². The molecule has 1 aliphatic heterocycles. The van der Waals surface area contributed by atoms with E-state index < -0.39 is 0 Å². The fourth-order valence-electron chi connectivity index (χ4n) is 4.32. The Kier molecular flexibility index (Phi) is 7.86. The van der Waals surface area contributed by atoms with E-state index in [-0.39, 0.29) is 23.8 Å². The average Bonchev–Trinajstić information content (AvgIpc) is 2.87. The fourth-order valence-corrected chi connectivity index (χ4v) is 4.45. The van der Waals surface area contributed by atoms with E-state index in [2.05, 4.69) is 0 Å². The van der Waals surface area contributed by atoms with Gasteiger partial charge in [-0.3, -0.25) is 9.59 Å². The summed E-state index contributed by atoms with van der Waals surface area (Å²) in [6.45, 7) is 1.59. The Morgan fingerprint density at radius 2 is 1.62 bits per heavy atom. The number of nitrogens with zero attached hydrogens (tertiary/aromatic N) is 2. The topological polar surface area (TPSA) is 49.9 Å². The molecular weight excluding hydrogens is 448 g/mol. The van der Waals surface area contributed by atoms with E-state index in [1.807, 2.05) is 84.7 Å². The zero-order valence-corrected chi connectivity index (χ0v) is 20.0. The minimum Gasteiger partial charge on any atom is -0.490 e. The van der Waals surface area contributed by atoms with Crippen LogP contribution in [0.1, 0.15) is 28.8 Å². The van der Waals surface area contributed by atoms with Gasteiger partial charge in [0, 0.05) is 56.0 Å². The summed E-state index contributed by atoms with van der Waals surface area (Å²) < 4.78 is 6.29. The van der Waals surface area contributed by atoms with Crippen LogP contribution < -0.4 is 4.74 Å². The van der Waals surface area contributed by atoms with Crippen LogP contribution in [0.3, 0.4) is 0 Å². The minimum atomic E-state index is -0.171. The van der Waals surface area contributed by atoms with E-state index in [4.69, 9.17) is 16.3 Å². The van der Waals surface area contributed by atoms with Crippen LogP contribution in [0.2, 0.25) is 5.02 Å². The second-order valence-electron chi connectivity index (χ2n) is 8.72. The molecule has 1 heterocycles. The van der Waals surface area contributed by atoms with Crippen molar-refractivity contribution in [2.24, 2.45) is 5.92 Å². The predicted octanol–water partition coefficient (Wildman–Crippen LogP) is 5.30. The molecule has 1 saturated heterocycles. The zero-order valence-electron chi connectivity index (χ0n) is 19.3. The van der Waals surface area contributed by atoms with Gasteiger partial charge < -0.3 is 14.5 Å². The third-order valence-corrected chi connectivity index (χ3v) is 6.45. The normalized spacial score (nSPS) is 17.8. The smallest absolute Gasteiger partial charge is 0.253 e. The van der Waals surface area contributed by atoms with Gasteiger partial charge in [0.2, 0.25) is 5.91 Å². The summed E-state index contributed by atoms with van der Waals surface area (Å²) in [5.41, 5.74) is 1.74. The van der Waals surface area contributed by atoms with E-state index in [0.29, 0.717) is 48.8 Å². The van der Waals surface area contributed by atoms with Crippen molar-refractivity contribution in [2.75, 3.05) is 20.1 Å². The first kappa shape index (κ1) is 23.8. The summed E-state index contributed by atoms with van der Waals surface area (Å²) in [6.07, 6.45) is 0.789. The highest BCUT2D eigenvalue weighted by molar-refractivity contribution is 6.30. The number of ether oxygens (including phenoxy) is 1. The van der Waals surface area contributed by atoms with Crippen LogP contribution in [-0.2, 0) is 11.3 Å². The number of carbonyl (C=O) groups is 2. The van der Waals surface area contributed by atoms with Gasteiger partial charge in [-0.2, -0.15) is 0 Å². The molecule has 2 amide bonds. The predicted molar refractivity (Wildman–Crippen MR) is 134 cm³/mol. The summed E-state index contributed by atoms with van der Waals surface area (Å²) in [5.74, 6) is 0.614. The van der Waals surface area contributed by atoms with E-state index in [9.17, 15) is 9.59 Å². The Bertz CT molecular complexity index is 1090. The number of rotatable bonds is 7. The van der Waals surface area contributed by atoms with E-state index in [1.54, 1.807) is 17.0 Å². The highest BCUT2D eigenvalue weighted by Crippen LogP contribution is 2.28. The van der Waals surface area contributed by atoms with Gasteiger partial charge in [-0.1, -0.05) is 60.1 Å². The molecule has 1 fully saturated rings. The number of benzene rings is 3. The lowest BCUT2D eigenvalue weighted by atomic mass is 9.90. The highest BCUT2D eigenvalue weighted by Gasteiger charge is 2.35. The molecule has 0 aromatic heterocycles. The molecule has 1 aliphatic rings. The van der Waals surface area contributed by atoms with E-state index in [1.165, 1.54) is 0 Å². The van der Waals surface area contributed by atoms with Crippen LogP contribution in [0.4, 0.5) is 0 Å². The van der Waals surface area contributed by atoms with Crippen LogP contribution in [0.5, 0.6) is 5.75 Å². The van der Waals surface area contributed by atoms with Gasteiger partial charge in [0.15, 0.2) is 0 Å². The molecule has 0 N–H and O–H groups in total. The van der Waals surface area contributed by atoms with Crippen molar-refractivity contribution in [3.05, 3.63) is 101 Å².